The molecule has 0 aliphatic carbocycles. The quantitative estimate of drug-likeness (QED) is 0.624. The van der Waals surface area contributed by atoms with Crippen LogP contribution in [0, 0.1) is 0 Å². The van der Waals surface area contributed by atoms with Crippen molar-refractivity contribution in [1.29, 1.82) is 0 Å². The van der Waals surface area contributed by atoms with Crippen LogP contribution in [0.3, 0.4) is 0 Å². The van der Waals surface area contributed by atoms with Crippen molar-refractivity contribution in [1.82, 2.24) is 0 Å². The molecule has 0 aromatic heterocycles. The molecule has 1 heterocycles. The minimum absolute atomic E-state index is 0.369. The van der Waals surface area contributed by atoms with Gasteiger partial charge in [-0.15, -0.1) is 35.3 Å². The van der Waals surface area contributed by atoms with Crippen LogP contribution in [0.25, 0.3) is 0 Å². The maximum absolute atomic E-state index is 11.5. The fraction of sp³-hybridized carbons (Fsp3) is 1.00. The van der Waals surface area contributed by atoms with Crippen LogP contribution in [0.15, 0.2) is 0 Å². The van der Waals surface area contributed by atoms with E-state index in [1.165, 1.54) is 0 Å². The topological polar surface area (TPSA) is 17.1 Å². The van der Waals surface area contributed by atoms with Gasteiger partial charge in [0.1, 0.15) is 11.5 Å². The predicted octanol–water partition coefficient (Wildman–Crippen LogP) is 3.02. The molecule has 10 heavy (non-hydrogen) atoms. The van der Waals surface area contributed by atoms with E-state index < -0.39 is 7.14 Å². The van der Waals surface area contributed by atoms with E-state index in [9.17, 15) is 4.57 Å². The SMILES string of the molecule is CP(C)(=O)C1SCSCS1. The van der Waals surface area contributed by atoms with E-state index in [1.807, 2.05) is 48.6 Å². The number of thioether (sulfide) groups is 3. The Kier molecular flexibility index (Phi) is 3.55. The minimum Gasteiger partial charge on any atom is -0.322 e. The molecule has 0 atom stereocenters. The van der Waals surface area contributed by atoms with Crippen molar-refractivity contribution in [2.75, 3.05) is 23.5 Å². The maximum Gasteiger partial charge on any atom is 0.104 e. The highest BCUT2D eigenvalue weighted by Crippen LogP contribution is 2.57. The Labute approximate surface area is 74.9 Å². The molecule has 1 aliphatic heterocycles. The average Bonchev–Trinajstić information content (AvgIpc) is 1.88. The first kappa shape index (κ1) is 9.37. The molecule has 0 N–H and O–H groups in total. The first-order valence-electron chi connectivity index (χ1n) is 2.96. The Morgan fingerprint density at radius 2 is 1.80 bits per heavy atom. The van der Waals surface area contributed by atoms with Crippen LogP contribution in [-0.4, -0.2) is 27.8 Å². The Hall–Kier alpha value is 1.28. The zero-order chi connectivity index (χ0) is 7.61. The molecule has 0 aromatic rings. The largest absolute Gasteiger partial charge is 0.322 e. The molecule has 0 unspecified atom stereocenters. The third-order valence-electron chi connectivity index (χ3n) is 1.10. The summed E-state index contributed by atoms with van der Waals surface area (Å²) in [7, 11) is -1.83. The van der Waals surface area contributed by atoms with Gasteiger partial charge >= 0.3 is 0 Å². The molecule has 0 saturated carbocycles. The zero-order valence-electron chi connectivity index (χ0n) is 6.07. The van der Waals surface area contributed by atoms with Crippen LogP contribution < -0.4 is 0 Å². The monoisotopic (exact) mass is 214 g/mol. The van der Waals surface area contributed by atoms with E-state index in [1.54, 1.807) is 0 Å². The Morgan fingerprint density at radius 3 is 2.10 bits per heavy atom. The summed E-state index contributed by atoms with van der Waals surface area (Å²) >= 11 is 5.59. The van der Waals surface area contributed by atoms with Gasteiger partial charge in [-0.25, -0.2) is 0 Å². The molecule has 60 valence electrons. The zero-order valence-corrected chi connectivity index (χ0v) is 9.42. The van der Waals surface area contributed by atoms with E-state index in [4.69, 9.17) is 0 Å². The molecule has 1 rings (SSSR count). The lowest BCUT2D eigenvalue weighted by Crippen LogP contribution is -2.02. The minimum atomic E-state index is -1.83. The van der Waals surface area contributed by atoms with E-state index in [2.05, 4.69) is 0 Å². The molecule has 1 nitrogen and oxygen atoms in total. The summed E-state index contributed by atoms with van der Waals surface area (Å²) in [6, 6.07) is 0. The first-order valence-corrected chi connectivity index (χ1v) is 8.88. The lowest BCUT2D eigenvalue weighted by molar-refractivity contribution is 0.584. The summed E-state index contributed by atoms with van der Waals surface area (Å²) in [5.74, 6) is 0. The summed E-state index contributed by atoms with van der Waals surface area (Å²) in [5, 5.41) is 2.23. The average molecular weight is 214 g/mol. The lowest BCUT2D eigenvalue weighted by Gasteiger charge is -2.23. The van der Waals surface area contributed by atoms with Gasteiger partial charge < -0.3 is 4.57 Å². The van der Waals surface area contributed by atoms with Gasteiger partial charge in [-0.1, -0.05) is 0 Å². The van der Waals surface area contributed by atoms with Gasteiger partial charge in [0, 0.05) is 10.2 Å². The number of rotatable bonds is 1. The summed E-state index contributed by atoms with van der Waals surface area (Å²) in [6.07, 6.45) is 0. The van der Waals surface area contributed by atoms with Crippen molar-refractivity contribution in [2.24, 2.45) is 0 Å². The molecule has 1 saturated heterocycles. The van der Waals surface area contributed by atoms with Crippen molar-refractivity contribution in [3.63, 3.8) is 0 Å². The van der Waals surface area contributed by atoms with Gasteiger partial charge in [0.05, 0.1) is 0 Å². The molecule has 0 spiro atoms. The van der Waals surface area contributed by atoms with E-state index >= 15 is 0 Å². The normalized spacial score (nSPS) is 23.0. The predicted molar refractivity (Wildman–Crippen MR) is 55.7 cm³/mol. The van der Waals surface area contributed by atoms with Crippen molar-refractivity contribution < 1.29 is 4.57 Å². The highest BCUT2D eigenvalue weighted by molar-refractivity contribution is 8.36. The van der Waals surface area contributed by atoms with Crippen LogP contribution in [0.5, 0.6) is 0 Å². The number of hydrogen-bond donors (Lipinski definition) is 0. The summed E-state index contributed by atoms with van der Waals surface area (Å²) in [6.45, 7) is 3.77. The van der Waals surface area contributed by atoms with E-state index in [-0.39, 0.29) is 0 Å². The highest BCUT2D eigenvalue weighted by atomic mass is 32.3. The van der Waals surface area contributed by atoms with Crippen LogP contribution in [0.1, 0.15) is 0 Å². The van der Waals surface area contributed by atoms with Crippen LogP contribution in [-0.2, 0) is 4.57 Å². The van der Waals surface area contributed by atoms with Crippen LogP contribution in [0.4, 0.5) is 0 Å². The van der Waals surface area contributed by atoms with Crippen molar-refractivity contribution in [3.05, 3.63) is 0 Å². The molecule has 0 amide bonds. The Balaban J connectivity index is 2.47. The fourth-order valence-corrected chi connectivity index (χ4v) is 8.59. The highest BCUT2D eigenvalue weighted by Gasteiger charge is 2.26. The second kappa shape index (κ2) is 3.79. The van der Waals surface area contributed by atoms with Crippen LogP contribution in [0.2, 0.25) is 0 Å². The summed E-state index contributed by atoms with van der Waals surface area (Å²) < 4.78 is 11.9. The third-order valence-corrected chi connectivity index (χ3v) is 9.86. The third kappa shape index (κ3) is 2.72. The molecule has 1 fully saturated rings. The van der Waals surface area contributed by atoms with Crippen molar-refractivity contribution in [3.8, 4) is 0 Å². The van der Waals surface area contributed by atoms with Gasteiger partial charge in [-0.2, -0.15) is 0 Å². The summed E-state index contributed by atoms with van der Waals surface area (Å²) in [4.78, 5) is 0. The Morgan fingerprint density at radius 1 is 1.30 bits per heavy atom. The van der Waals surface area contributed by atoms with Crippen molar-refractivity contribution >= 4 is 42.4 Å². The number of hydrogen-bond acceptors (Lipinski definition) is 4. The van der Waals surface area contributed by atoms with E-state index in [0.29, 0.717) is 4.32 Å². The smallest absolute Gasteiger partial charge is 0.104 e. The molecule has 0 bridgehead atoms. The van der Waals surface area contributed by atoms with Gasteiger partial charge in [0.25, 0.3) is 0 Å². The molecule has 5 heteroatoms. The van der Waals surface area contributed by atoms with Crippen LogP contribution >= 0.6 is 42.4 Å². The molecular weight excluding hydrogens is 203 g/mol. The van der Waals surface area contributed by atoms with Crippen molar-refractivity contribution in [2.45, 2.75) is 4.32 Å². The summed E-state index contributed by atoms with van der Waals surface area (Å²) in [5.41, 5.74) is 0. The molecular formula is C5H11OPS3. The first-order chi connectivity index (χ1) is 4.61. The lowest BCUT2D eigenvalue weighted by atomic mass is 11.8. The molecule has 0 aromatic carbocycles. The standard InChI is InChI=1S/C5H11OPS3/c1-7(2,6)5-9-3-8-4-10-5/h5H,3-4H2,1-2H3. The van der Waals surface area contributed by atoms with Gasteiger partial charge in [0.2, 0.25) is 0 Å². The van der Waals surface area contributed by atoms with E-state index in [0.717, 1.165) is 10.2 Å². The van der Waals surface area contributed by atoms with Gasteiger partial charge in [-0.3, -0.25) is 0 Å². The second-order valence-electron chi connectivity index (χ2n) is 2.51. The van der Waals surface area contributed by atoms with Gasteiger partial charge in [0.15, 0.2) is 0 Å². The second-order valence-corrected chi connectivity index (χ2v) is 10.8. The molecule has 0 radical (unpaired) electrons. The fourth-order valence-electron chi connectivity index (χ4n) is 0.654. The van der Waals surface area contributed by atoms with Gasteiger partial charge in [-0.05, 0) is 13.3 Å². The molecule has 1 aliphatic rings. The Bertz CT molecular complexity index is 149. The maximum atomic E-state index is 11.5.